The number of rotatable bonds is 3. The van der Waals surface area contributed by atoms with Crippen molar-refractivity contribution in [2.75, 3.05) is 0 Å². The van der Waals surface area contributed by atoms with Gasteiger partial charge in [0.15, 0.2) is 0 Å². The van der Waals surface area contributed by atoms with Crippen LogP contribution < -0.4 is 0 Å². The molecule has 0 unspecified atom stereocenters. The lowest BCUT2D eigenvalue weighted by atomic mass is 10.0. The number of fused-ring (bicyclic) bond motifs is 5. The number of halogens is 1. The Hall–Kier alpha value is -3.67. The van der Waals surface area contributed by atoms with E-state index in [0.29, 0.717) is 5.56 Å². The third-order valence-corrected chi connectivity index (χ3v) is 7.36. The van der Waals surface area contributed by atoms with Gasteiger partial charge in [-0.25, -0.2) is 0 Å². The smallest absolute Gasteiger partial charge is 0.288 e. The highest BCUT2D eigenvalue weighted by Crippen LogP contribution is 2.45. The number of aromatic nitrogens is 1. The first-order chi connectivity index (χ1) is 15.6. The van der Waals surface area contributed by atoms with Gasteiger partial charge in [0.1, 0.15) is 9.85 Å². The molecule has 4 nitrogen and oxygen atoms in total. The van der Waals surface area contributed by atoms with E-state index in [9.17, 15) is 10.1 Å². The van der Waals surface area contributed by atoms with E-state index in [-0.39, 0.29) is 10.7 Å². The number of para-hydroxylation sites is 2. The lowest BCUT2D eigenvalue weighted by molar-refractivity contribution is -0.384. The zero-order valence-electron chi connectivity index (χ0n) is 16.7. The molecule has 0 saturated carbocycles. The van der Waals surface area contributed by atoms with E-state index in [1.54, 1.807) is 17.4 Å². The predicted octanol–water partition coefficient (Wildman–Crippen LogP) is 8.23. The lowest BCUT2D eigenvalue weighted by Crippen LogP contribution is -1.97. The largest absolute Gasteiger partial charge is 0.300 e. The van der Waals surface area contributed by atoms with E-state index in [0.717, 1.165) is 21.6 Å². The summed E-state index contributed by atoms with van der Waals surface area (Å²) < 4.78 is 3.47. The number of benzene rings is 4. The third-order valence-electron chi connectivity index (χ3n) is 5.80. The van der Waals surface area contributed by atoms with Gasteiger partial charge in [0.05, 0.1) is 16.1 Å². The highest BCUT2D eigenvalue weighted by atomic mass is 35.5. The zero-order valence-corrected chi connectivity index (χ0v) is 18.2. The van der Waals surface area contributed by atoms with Gasteiger partial charge in [-0.3, -0.25) is 10.1 Å². The summed E-state index contributed by atoms with van der Waals surface area (Å²) in [6, 6.07) is 29.7. The van der Waals surface area contributed by atoms with Gasteiger partial charge >= 0.3 is 0 Å². The van der Waals surface area contributed by atoms with Gasteiger partial charge in [0, 0.05) is 38.1 Å². The molecule has 0 spiro atoms. The first kappa shape index (κ1) is 19.0. The molecule has 6 rings (SSSR count). The summed E-state index contributed by atoms with van der Waals surface area (Å²) in [5, 5.41) is 15.3. The van der Waals surface area contributed by atoms with Gasteiger partial charge < -0.3 is 4.57 Å². The van der Waals surface area contributed by atoms with Crippen LogP contribution in [0.1, 0.15) is 0 Å². The van der Waals surface area contributed by atoms with Gasteiger partial charge in [-0.15, -0.1) is 11.3 Å². The van der Waals surface area contributed by atoms with Gasteiger partial charge in [-0.1, -0.05) is 78.3 Å². The Balaban J connectivity index is 1.74. The molecule has 0 aliphatic rings. The molecule has 2 aromatic heterocycles. The summed E-state index contributed by atoms with van der Waals surface area (Å²) >= 11 is 8.27. The highest BCUT2D eigenvalue weighted by Gasteiger charge is 2.22. The SMILES string of the molecule is O=[N+]([O-])c1cccc(-c2ccccc2-n2c3ccccc3c3c4ccccc4sc32)c1Cl. The fraction of sp³-hybridized carbons (Fsp3) is 0. The van der Waals surface area contributed by atoms with Crippen LogP contribution in [0.25, 0.3) is 48.0 Å². The fourth-order valence-electron chi connectivity index (χ4n) is 4.44. The molecule has 0 saturated heterocycles. The number of hydrogen-bond donors (Lipinski definition) is 0. The number of nitro benzene ring substituents is 1. The first-order valence-electron chi connectivity index (χ1n) is 10.1. The summed E-state index contributed by atoms with van der Waals surface area (Å²) in [7, 11) is 0. The van der Waals surface area contributed by atoms with Gasteiger partial charge in [-0.2, -0.15) is 0 Å². The van der Waals surface area contributed by atoms with Crippen molar-refractivity contribution in [3.63, 3.8) is 0 Å². The van der Waals surface area contributed by atoms with Crippen molar-refractivity contribution in [2.45, 2.75) is 0 Å². The summed E-state index contributed by atoms with van der Waals surface area (Å²) in [5.41, 5.74) is 3.43. The van der Waals surface area contributed by atoms with Crippen molar-refractivity contribution in [1.82, 2.24) is 4.57 Å². The second kappa shape index (κ2) is 7.19. The predicted molar refractivity (Wildman–Crippen MR) is 133 cm³/mol. The van der Waals surface area contributed by atoms with Crippen molar-refractivity contribution < 1.29 is 4.92 Å². The molecule has 0 aliphatic carbocycles. The molecular weight excluding hydrogens is 440 g/mol. The molecule has 6 aromatic rings. The van der Waals surface area contributed by atoms with Crippen molar-refractivity contribution in [1.29, 1.82) is 0 Å². The summed E-state index contributed by atoms with van der Waals surface area (Å²) in [4.78, 5) is 12.2. The Morgan fingerprint density at radius 3 is 2.31 bits per heavy atom. The number of thiophene rings is 1. The minimum absolute atomic E-state index is 0.0941. The van der Waals surface area contributed by atoms with Gasteiger partial charge in [-0.05, 0) is 18.2 Å². The van der Waals surface area contributed by atoms with Crippen LogP contribution in [0.15, 0.2) is 91.0 Å². The molecule has 0 N–H and O–H groups in total. The first-order valence-corrected chi connectivity index (χ1v) is 11.3. The van der Waals surface area contributed by atoms with E-state index in [1.165, 1.54) is 26.9 Å². The van der Waals surface area contributed by atoms with Crippen molar-refractivity contribution in [2.24, 2.45) is 0 Å². The number of hydrogen-bond acceptors (Lipinski definition) is 3. The Morgan fingerprint density at radius 2 is 1.47 bits per heavy atom. The van der Waals surface area contributed by atoms with E-state index in [1.807, 2.05) is 36.4 Å². The maximum atomic E-state index is 11.5. The second-order valence-corrected chi connectivity index (χ2v) is 8.95. The van der Waals surface area contributed by atoms with Crippen LogP contribution in [-0.2, 0) is 0 Å². The van der Waals surface area contributed by atoms with Crippen molar-refractivity contribution >= 4 is 59.8 Å². The Morgan fingerprint density at radius 1 is 0.781 bits per heavy atom. The Kier molecular flexibility index (Phi) is 4.28. The quantitative estimate of drug-likeness (QED) is 0.200. The van der Waals surface area contributed by atoms with Crippen LogP contribution in [0.4, 0.5) is 5.69 Å². The molecule has 0 radical (unpaired) electrons. The van der Waals surface area contributed by atoms with Crippen molar-refractivity contribution in [3.8, 4) is 16.8 Å². The normalized spacial score (nSPS) is 11.5. The fourth-order valence-corrected chi connectivity index (χ4v) is 5.99. The van der Waals surface area contributed by atoms with Crippen LogP contribution in [-0.4, -0.2) is 9.49 Å². The standard InChI is InChI=1S/C26H15ClN2O2S/c27-25-17(11-7-14-22(25)29(30)31)16-8-1-4-12-20(16)28-21-13-5-2-9-18(21)24-19-10-3-6-15-23(19)32-26(24)28/h1-15H. The van der Waals surface area contributed by atoms with Crippen LogP contribution >= 0.6 is 22.9 Å². The summed E-state index contributed by atoms with van der Waals surface area (Å²) in [6.07, 6.45) is 0. The summed E-state index contributed by atoms with van der Waals surface area (Å²) in [6.45, 7) is 0. The maximum Gasteiger partial charge on any atom is 0.288 e. The molecule has 0 fully saturated rings. The van der Waals surface area contributed by atoms with Gasteiger partial charge in [0.25, 0.3) is 5.69 Å². The molecule has 0 aliphatic heterocycles. The number of nitro groups is 1. The summed E-state index contributed by atoms with van der Waals surface area (Å²) in [5.74, 6) is 0. The molecular formula is C26H15ClN2O2S. The molecule has 154 valence electrons. The Labute approximate surface area is 192 Å². The van der Waals surface area contributed by atoms with E-state index >= 15 is 0 Å². The number of nitrogens with zero attached hydrogens (tertiary/aromatic N) is 2. The molecule has 0 atom stereocenters. The molecule has 0 bridgehead atoms. The molecule has 4 aromatic carbocycles. The van der Waals surface area contributed by atoms with Crippen LogP contribution in [0.2, 0.25) is 5.02 Å². The lowest BCUT2D eigenvalue weighted by Gasteiger charge is -2.14. The second-order valence-electron chi connectivity index (χ2n) is 7.54. The van der Waals surface area contributed by atoms with Crippen LogP contribution in [0.3, 0.4) is 0 Å². The minimum Gasteiger partial charge on any atom is -0.300 e. The highest BCUT2D eigenvalue weighted by molar-refractivity contribution is 7.25. The van der Waals surface area contributed by atoms with Crippen LogP contribution in [0.5, 0.6) is 0 Å². The minimum atomic E-state index is -0.441. The molecule has 0 amide bonds. The zero-order chi connectivity index (χ0) is 21.8. The van der Waals surface area contributed by atoms with Gasteiger partial charge in [0.2, 0.25) is 0 Å². The Bertz CT molecular complexity index is 1680. The van der Waals surface area contributed by atoms with E-state index in [2.05, 4.69) is 47.0 Å². The average Bonchev–Trinajstić information content (AvgIpc) is 3.33. The van der Waals surface area contributed by atoms with E-state index < -0.39 is 4.92 Å². The van der Waals surface area contributed by atoms with Crippen LogP contribution in [0, 0.1) is 10.1 Å². The molecule has 2 heterocycles. The monoisotopic (exact) mass is 454 g/mol. The van der Waals surface area contributed by atoms with Crippen molar-refractivity contribution in [3.05, 3.63) is 106 Å². The molecule has 32 heavy (non-hydrogen) atoms. The average molecular weight is 455 g/mol. The topological polar surface area (TPSA) is 48.1 Å². The molecule has 6 heteroatoms. The van der Waals surface area contributed by atoms with E-state index in [4.69, 9.17) is 11.6 Å². The maximum absolute atomic E-state index is 11.5. The third kappa shape index (κ3) is 2.68.